The molecule has 1 unspecified atom stereocenters. The van der Waals surface area contributed by atoms with Crippen LogP contribution in [0.3, 0.4) is 0 Å². The molecular formula is C21H29F2N2O3P. The zero-order chi connectivity index (χ0) is 20.9. The first kappa shape index (κ1) is 23.6. The number of nitrogens with one attached hydrogen (secondary N) is 1. The predicted octanol–water partition coefficient (Wildman–Crippen LogP) is 4.58. The molecule has 8 heteroatoms. The number of rotatable bonds is 14. The number of benzene rings is 1. The number of halogens is 2. The molecular weight excluding hydrogens is 397 g/mol. The van der Waals surface area contributed by atoms with Crippen LogP contribution in [0.4, 0.5) is 8.78 Å². The van der Waals surface area contributed by atoms with E-state index in [0.29, 0.717) is 37.2 Å². The van der Waals surface area contributed by atoms with E-state index in [0.717, 1.165) is 37.7 Å². The number of nitrogens with zero attached hydrogens (tertiary/aromatic N) is 1. The van der Waals surface area contributed by atoms with E-state index in [1.165, 1.54) is 18.2 Å². The molecule has 2 rings (SSSR count). The van der Waals surface area contributed by atoms with E-state index in [1.807, 2.05) is 12.1 Å². The summed E-state index contributed by atoms with van der Waals surface area (Å²) in [5.74, 6) is -0.441. The zero-order valence-corrected chi connectivity index (χ0v) is 17.5. The topological polar surface area (TPSA) is 71.5 Å². The van der Waals surface area contributed by atoms with Crippen LogP contribution in [0.1, 0.15) is 48.9 Å². The van der Waals surface area contributed by atoms with Crippen LogP contribution >= 0.6 is 8.25 Å². The summed E-state index contributed by atoms with van der Waals surface area (Å²) in [6.45, 7) is 1.25. The van der Waals surface area contributed by atoms with Gasteiger partial charge in [0.2, 0.25) is 0 Å². The van der Waals surface area contributed by atoms with Gasteiger partial charge in [-0.25, -0.2) is 8.78 Å². The summed E-state index contributed by atoms with van der Waals surface area (Å²) in [7, 11) is -2.86. The molecule has 0 amide bonds. The molecule has 0 radical (unpaired) electrons. The molecule has 0 fully saturated rings. The summed E-state index contributed by atoms with van der Waals surface area (Å²) in [4.78, 5) is 12.8. The maximum Gasteiger partial charge on any atom is 0.316 e. The monoisotopic (exact) mass is 426 g/mol. The Labute approximate surface area is 171 Å². The van der Waals surface area contributed by atoms with E-state index >= 15 is 0 Å². The maximum atomic E-state index is 14.2. The molecule has 160 valence electrons. The Balaban J connectivity index is 1.58. The average molecular weight is 426 g/mol. The number of hydrogen-bond acceptors (Lipinski definition) is 4. The third-order valence-electron chi connectivity index (χ3n) is 4.59. The van der Waals surface area contributed by atoms with Crippen molar-refractivity contribution < 1.29 is 22.8 Å². The molecule has 0 aliphatic carbocycles. The number of unbranched alkanes of at least 4 members (excludes halogenated alkanes) is 3. The molecule has 0 aliphatic heterocycles. The molecule has 29 heavy (non-hydrogen) atoms. The van der Waals surface area contributed by atoms with Gasteiger partial charge in [0.25, 0.3) is 0 Å². The van der Waals surface area contributed by atoms with Gasteiger partial charge in [0.05, 0.1) is 12.3 Å². The Hall–Kier alpha value is -1.66. The molecule has 0 bridgehead atoms. The SMILES string of the molecule is O=[PH](O)OCCCNCc1cc(F)c(CCCCCCc2ccc(F)cc2)cn1. The number of hydrogen-bond donors (Lipinski definition) is 2. The summed E-state index contributed by atoms with van der Waals surface area (Å²) in [5.41, 5.74) is 2.40. The Kier molecular flexibility index (Phi) is 11.0. The van der Waals surface area contributed by atoms with Gasteiger partial charge in [0, 0.05) is 18.3 Å². The van der Waals surface area contributed by atoms with Crippen molar-refractivity contribution in [3.63, 3.8) is 0 Å². The fourth-order valence-corrected chi connectivity index (χ4v) is 3.32. The van der Waals surface area contributed by atoms with Gasteiger partial charge in [0.15, 0.2) is 0 Å². The van der Waals surface area contributed by atoms with Crippen LogP contribution in [-0.2, 0) is 28.5 Å². The van der Waals surface area contributed by atoms with Crippen LogP contribution in [0.25, 0.3) is 0 Å². The fourth-order valence-electron chi connectivity index (χ4n) is 3.00. The first-order chi connectivity index (χ1) is 14.0. The van der Waals surface area contributed by atoms with Gasteiger partial charge in [-0.3, -0.25) is 9.55 Å². The third kappa shape index (κ3) is 10.1. The molecule has 1 aromatic heterocycles. The van der Waals surface area contributed by atoms with Gasteiger partial charge >= 0.3 is 8.25 Å². The van der Waals surface area contributed by atoms with Crippen molar-refractivity contribution in [3.05, 3.63) is 65.0 Å². The second-order valence-corrected chi connectivity index (χ2v) is 7.77. The normalized spacial score (nSPS) is 12.2. The lowest BCUT2D eigenvalue weighted by molar-refractivity contribution is 0.276. The summed E-state index contributed by atoms with van der Waals surface area (Å²) in [6, 6.07) is 8.07. The Bertz CT molecular complexity index is 760. The van der Waals surface area contributed by atoms with E-state index in [4.69, 9.17) is 4.89 Å². The fraction of sp³-hybridized carbons (Fsp3) is 0.476. The molecule has 1 aromatic carbocycles. The van der Waals surface area contributed by atoms with Crippen LogP contribution in [-0.4, -0.2) is 23.0 Å². The minimum Gasteiger partial charge on any atom is -0.326 e. The first-order valence-electron chi connectivity index (χ1n) is 9.99. The lowest BCUT2D eigenvalue weighted by atomic mass is 10.0. The summed E-state index contributed by atoms with van der Waals surface area (Å²) in [6.07, 6.45) is 7.83. The summed E-state index contributed by atoms with van der Waals surface area (Å²) < 4.78 is 42.1. The quantitative estimate of drug-likeness (QED) is 0.342. The zero-order valence-electron chi connectivity index (χ0n) is 16.5. The smallest absolute Gasteiger partial charge is 0.316 e. The predicted molar refractivity (Wildman–Crippen MR) is 110 cm³/mol. The highest BCUT2D eigenvalue weighted by Crippen LogP contribution is 2.15. The van der Waals surface area contributed by atoms with Crippen LogP contribution < -0.4 is 5.32 Å². The molecule has 2 N–H and O–H groups in total. The number of pyridine rings is 1. The number of aromatic nitrogens is 1. The lowest BCUT2D eigenvalue weighted by Gasteiger charge is -2.07. The highest BCUT2D eigenvalue weighted by Gasteiger charge is 2.05. The number of aryl methyl sites for hydroxylation is 2. The molecule has 0 spiro atoms. The lowest BCUT2D eigenvalue weighted by Crippen LogP contribution is -2.17. The van der Waals surface area contributed by atoms with E-state index in [1.54, 1.807) is 6.20 Å². The Morgan fingerprint density at radius 2 is 1.76 bits per heavy atom. The van der Waals surface area contributed by atoms with Gasteiger partial charge in [-0.15, -0.1) is 0 Å². The van der Waals surface area contributed by atoms with Crippen LogP contribution in [0.2, 0.25) is 0 Å². The van der Waals surface area contributed by atoms with Crippen molar-refractivity contribution >= 4 is 8.25 Å². The van der Waals surface area contributed by atoms with Crippen molar-refractivity contribution in [1.82, 2.24) is 10.3 Å². The second-order valence-electron chi connectivity index (χ2n) is 6.95. The maximum absolute atomic E-state index is 14.2. The van der Waals surface area contributed by atoms with Crippen molar-refractivity contribution in [2.24, 2.45) is 0 Å². The summed E-state index contributed by atoms with van der Waals surface area (Å²) in [5, 5.41) is 3.10. The highest BCUT2D eigenvalue weighted by atomic mass is 31.1. The molecule has 0 saturated heterocycles. The third-order valence-corrected chi connectivity index (χ3v) is 5.04. The van der Waals surface area contributed by atoms with Crippen LogP contribution in [0.15, 0.2) is 36.5 Å². The second kappa shape index (κ2) is 13.5. The Morgan fingerprint density at radius 3 is 2.45 bits per heavy atom. The van der Waals surface area contributed by atoms with Crippen LogP contribution in [0, 0.1) is 11.6 Å². The van der Waals surface area contributed by atoms with Gasteiger partial charge in [-0.2, -0.15) is 0 Å². The van der Waals surface area contributed by atoms with Gasteiger partial charge in [-0.1, -0.05) is 25.0 Å². The van der Waals surface area contributed by atoms with Crippen molar-refractivity contribution in [1.29, 1.82) is 0 Å². The van der Waals surface area contributed by atoms with Gasteiger partial charge in [-0.05, 0) is 62.4 Å². The Morgan fingerprint density at radius 1 is 1.03 bits per heavy atom. The largest absolute Gasteiger partial charge is 0.326 e. The molecule has 0 saturated carbocycles. The minimum atomic E-state index is -2.86. The van der Waals surface area contributed by atoms with Crippen molar-refractivity contribution in [2.45, 2.75) is 51.5 Å². The average Bonchev–Trinajstić information content (AvgIpc) is 2.69. The molecule has 1 heterocycles. The van der Waals surface area contributed by atoms with Gasteiger partial charge in [0.1, 0.15) is 11.6 Å². The molecule has 5 nitrogen and oxygen atoms in total. The molecule has 2 aromatic rings. The van der Waals surface area contributed by atoms with E-state index in [-0.39, 0.29) is 18.2 Å². The van der Waals surface area contributed by atoms with Crippen molar-refractivity contribution in [3.8, 4) is 0 Å². The minimum absolute atomic E-state index is 0.210. The van der Waals surface area contributed by atoms with E-state index in [9.17, 15) is 13.3 Å². The molecule has 0 aliphatic rings. The van der Waals surface area contributed by atoms with Crippen molar-refractivity contribution in [2.75, 3.05) is 13.2 Å². The van der Waals surface area contributed by atoms with Gasteiger partial charge < -0.3 is 14.7 Å². The first-order valence-corrected chi connectivity index (χ1v) is 11.2. The van der Waals surface area contributed by atoms with E-state index < -0.39 is 8.25 Å². The van der Waals surface area contributed by atoms with Crippen LogP contribution in [0.5, 0.6) is 0 Å². The standard InChI is InChI=1S/C21H29F2N2O3P/c22-19-10-8-17(9-11-19)6-3-1-2-4-7-18-15-25-20(14-21(18)23)16-24-12-5-13-28-29(26)27/h8-11,14-15,24,29H,1-7,12-13,16H2,(H,26,27). The highest BCUT2D eigenvalue weighted by molar-refractivity contribution is 7.32. The molecule has 1 atom stereocenters. The van der Waals surface area contributed by atoms with E-state index in [2.05, 4.69) is 14.8 Å². The summed E-state index contributed by atoms with van der Waals surface area (Å²) >= 11 is 0.